The molecule has 2 rings (SSSR count). The van der Waals surface area contributed by atoms with Crippen molar-refractivity contribution >= 4 is 10.2 Å². The Hall–Kier alpha value is -0.950. The van der Waals surface area contributed by atoms with Crippen molar-refractivity contribution < 1.29 is 13.2 Å². The lowest BCUT2D eigenvalue weighted by Crippen LogP contribution is -2.48. The smallest absolute Gasteiger partial charge is 0.280 e. The summed E-state index contributed by atoms with van der Waals surface area (Å²) in [6.45, 7) is 5.76. The molecule has 5 nitrogen and oxygen atoms in total. The quantitative estimate of drug-likeness (QED) is 0.897. The first-order chi connectivity index (χ1) is 9.50. The largest absolute Gasteiger partial charge is 0.379 e. The minimum absolute atomic E-state index is 0.174. The monoisotopic (exact) mass is 298 g/mol. The first-order valence-corrected chi connectivity index (χ1v) is 8.35. The molecule has 0 spiro atoms. The van der Waals surface area contributed by atoms with Gasteiger partial charge in [0.05, 0.1) is 19.3 Å². The van der Waals surface area contributed by atoms with E-state index in [1.54, 1.807) is 0 Å². The number of nitrogens with zero attached hydrogens (tertiary/aromatic N) is 1. The summed E-state index contributed by atoms with van der Waals surface area (Å²) in [4.78, 5) is 0. The Labute approximate surface area is 121 Å². The summed E-state index contributed by atoms with van der Waals surface area (Å²) < 4.78 is 34.3. The highest BCUT2D eigenvalue weighted by atomic mass is 32.2. The summed E-state index contributed by atoms with van der Waals surface area (Å²) in [6, 6.07) is 9.46. The van der Waals surface area contributed by atoms with Crippen LogP contribution in [0.1, 0.15) is 25.5 Å². The van der Waals surface area contributed by atoms with Gasteiger partial charge in [0.1, 0.15) is 0 Å². The summed E-state index contributed by atoms with van der Waals surface area (Å²) in [6.07, 6.45) is 0. The summed E-state index contributed by atoms with van der Waals surface area (Å²) in [5, 5.41) is 0. The molecule has 0 aliphatic carbocycles. The lowest BCUT2D eigenvalue weighted by molar-refractivity contribution is 0.0722. The van der Waals surface area contributed by atoms with Crippen LogP contribution in [0.15, 0.2) is 30.3 Å². The van der Waals surface area contributed by atoms with Crippen LogP contribution in [0.3, 0.4) is 0 Å². The summed E-state index contributed by atoms with van der Waals surface area (Å²) >= 11 is 0. The van der Waals surface area contributed by atoms with Crippen LogP contribution in [-0.2, 0) is 14.9 Å². The standard InChI is InChI=1S/C14H22N2O3S/c1-12(2)14(13-6-4-3-5-7-13)15-20(17,18)16-8-10-19-11-9-16/h3-7,12,14-15H,8-11H2,1-2H3/t14-/m1/s1. The van der Waals surface area contributed by atoms with Crippen LogP contribution in [0.25, 0.3) is 0 Å². The normalized spacial score (nSPS) is 19.1. The number of benzene rings is 1. The lowest BCUT2D eigenvalue weighted by atomic mass is 9.97. The Bertz CT molecular complexity index is 510. The molecule has 1 saturated heterocycles. The predicted molar refractivity (Wildman–Crippen MR) is 78.5 cm³/mol. The fraction of sp³-hybridized carbons (Fsp3) is 0.571. The van der Waals surface area contributed by atoms with Gasteiger partial charge in [-0.15, -0.1) is 0 Å². The van der Waals surface area contributed by atoms with Gasteiger partial charge in [0.25, 0.3) is 10.2 Å². The molecule has 0 saturated carbocycles. The maximum Gasteiger partial charge on any atom is 0.280 e. The highest BCUT2D eigenvalue weighted by Gasteiger charge is 2.28. The van der Waals surface area contributed by atoms with Gasteiger partial charge in [0.15, 0.2) is 0 Å². The maximum absolute atomic E-state index is 12.4. The van der Waals surface area contributed by atoms with Gasteiger partial charge in [0, 0.05) is 13.1 Å². The van der Waals surface area contributed by atoms with E-state index in [0.717, 1.165) is 5.56 Å². The van der Waals surface area contributed by atoms with Crippen LogP contribution in [-0.4, -0.2) is 39.0 Å². The molecule has 1 aliphatic rings. The molecular formula is C14H22N2O3S. The van der Waals surface area contributed by atoms with Crippen molar-refractivity contribution in [2.75, 3.05) is 26.3 Å². The number of rotatable bonds is 5. The van der Waals surface area contributed by atoms with Gasteiger partial charge in [-0.3, -0.25) is 0 Å². The molecule has 1 heterocycles. The second-order valence-corrected chi connectivity index (χ2v) is 6.97. The van der Waals surface area contributed by atoms with Crippen LogP contribution >= 0.6 is 0 Å². The third-order valence-electron chi connectivity index (χ3n) is 3.41. The van der Waals surface area contributed by atoms with E-state index < -0.39 is 10.2 Å². The van der Waals surface area contributed by atoms with Crippen LogP contribution in [0.4, 0.5) is 0 Å². The Morgan fingerprint density at radius 3 is 2.30 bits per heavy atom. The van der Waals surface area contributed by atoms with Gasteiger partial charge in [-0.25, -0.2) is 0 Å². The zero-order valence-corrected chi connectivity index (χ0v) is 12.8. The number of hydrogen-bond acceptors (Lipinski definition) is 3. The topological polar surface area (TPSA) is 58.6 Å². The molecule has 0 amide bonds. The minimum Gasteiger partial charge on any atom is -0.379 e. The highest BCUT2D eigenvalue weighted by Crippen LogP contribution is 2.23. The fourth-order valence-electron chi connectivity index (χ4n) is 2.27. The van der Waals surface area contributed by atoms with Gasteiger partial charge in [-0.05, 0) is 11.5 Å². The van der Waals surface area contributed by atoms with E-state index >= 15 is 0 Å². The molecule has 1 atom stereocenters. The maximum atomic E-state index is 12.4. The van der Waals surface area contributed by atoms with E-state index in [1.807, 2.05) is 44.2 Å². The average Bonchev–Trinajstić information content (AvgIpc) is 2.46. The predicted octanol–water partition coefficient (Wildman–Crippen LogP) is 1.55. The van der Waals surface area contributed by atoms with E-state index in [-0.39, 0.29) is 12.0 Å². The van der Waals surface area contributed by atoms with Crippen molar-refractivity contribution in [2.24, 2.45) is 5.92 Å². The first-order valence-electron chi connectivity index (χ1n) is 6.91. The molecule has 1 fully saturated rings. The zero-order chi connectivity index (χ0) is 14.6. The summed E-state index contributed by atoms with van der Waals surface area (Å²) in [5.41, 5.74) is 0.985. The van der Waals surface area contributed by atoms with Crippen LogP contribution in [0.2, 0.25) is 0 Å². The van der Waals surface area contributed by atoms with Gasteiger partial charge < -0.3 is 4.74 Å². The van der Waals surface area contributed by atoms with Crippen molar-refractivity contribution in [2.45, 2.75) is 19.9 Å². The zero-order valence-electron chi connectivity index (χ0n) is 12.0. The Kier molecular flexibility index (Phi) is 5.15. The van der Waals surface area contributed by atoms with Crippen molar-refractivity contribution in [3.8, 4) is 0 Å². The molecule has 1 aromatic rings. The Morgan fingerprint density at radius 2 is 1.75 bits per heavy atom. The Balaban J connectivity index is 2.15. The molecule has 0 aromatic heterocycles. The van der Waals surface area contributed by atoms with Crippen molar-refractivity contribution in [1.29, 1.82) is 0 Å². The lowest BCUT2D eigenvalue weighted by Gasteiger charge is -2.30. The molecule has 1 N–H and O–H groups in total. The number of morpholine rings is 1. The Morgan fingerprint density at radius 1 is 1.15 bits per heavy atom. The molecule has 0 radical (unpaired) electrons. The van der Waals surface area contributed by atoms with Crippen molar-refractivity contribution in [3.63, 3.8) is 0 Å². The van der Waals surface area contributed by atoms with E-state index in [2.05, 4.69) is 4.72 Å². The molecular weight excluding hydrogens is 276 g/mol. The third-order valence-corrected chi connectivity index (χ3v) is 5.01. The molecule has 6 heteroatoms. The van der Waals surface area contributed by atoms with Gasteiger partial charge in [0.2, 0.25) is 0 Å². The molecule has 0 bridgehead atoms. The molecule has 0 unspecified atom stereocenters. The van der Waals surface area contributed by atoms with E-state index in [1.165, 1.54) is 4.31 Å². The SMILES string of the molecule is CC(C)[C@@H](NS(=O)(=O)N1CCOCC1)c1ccccc1. The highest BCUT2D eigenvalue weighted by molar-refractivity contribution is 7.87. The molecule has 1 aliphatic heterocycles. The van der Waals surface area contributed by atoms with Crippen LogP contribution in [0, 0.1) is 5.92 Å². The summed E-state index contributed by atoms with van der Waals surface area (Å²) in [5.74, 6) is 0.174. The van der Waals surface area contributed by atoms with Crippen molar-refractivity contribution in [3.05, 3.63) is 35.9 Å². The van der Waals surface area contributed by atoms with Gasteiger partial charge in [-0.2, -0.15) is 17.4 Å². The fourth-order valence-corrected chi connectivity index (χ4v) is 3.78. The van der Waals surface area contributed by atoms with E-state index in [4.69, 9.17) is 4.74 Å². The van der Waals surface area contributed by atoms with Gasteiger partial charge in [-0.1, -0.05) is 44.2 Å². The summed E-state index contributed by atoms with van der Waals surface area (Å²) in [7, 11) is -3.47. The van der Waals surface area contributed by atoms with Crippen molar-refractivity contribution in [1.82, 2.24) is 9.03 Å². The number of ether oxygens (including phenoxy) is 1. The minimum atomic E-state index is -3.47. The van der Waals surface area contributed by atoms with E-state index in [9.17, 15) is 8.42 Å². The first kappa shape index (κ1) is 15.4. The van der Waals surface area contributed by atoms with Crippen LogP contribution in [0.5, 0.6) is 0 Å². The average molecular weight is 298 g/mol. The second-order valence-electron chi connectivity index (χ2n) is 5.27. The molecule has 112 valence electrons. The number of nitrogens with one attached hydrogen (secondary N) is 1. The van der Waals surface area contributed by atoms with Gasteiger partial charge >= 0.3 is 0 Å². The van der Waals surface area contributed by atoms with Crippen LogP contribution < -0.4 is 4.72 Å². The molecule has 20 heavy (non-hydrogen) atoms. The molecule has 1 aromatic carbocycles. The number of hydrogen-bond donors (Lipinski definition) is 1. The second kappa shape index (κ2) is 6.67. The van der Waals surface area contributed by atoms with E-state index in [0.29, 0.717) is 26.3 Å². The third kappa shape index (κ3) is 3.79.